The summed E-state index contributed by atoms with van der Waals surface area (Å²) in [4.78, 5) is 28.1. The molecule has 160 valence electrons. The maximum absolute atomic E-state index is 12.4. The van der Waals surface area contributed by atoms with Crippen molar-refractivity contribution in [2.45, 2.75) is 64.5 Å². The highest BCUT2D eigenvalue weighted by atomic mass is 16.2. The van der Waals surface area contributed by atoms with Gasteiger partial charge in [0.1, 0.15) is 0 Å². The fourth-order valence-electron chi connectivity index (χ4n) is 5.12. The number of nitrogens with zero attached hydrogens (tertiary/aromatic N) is 4. The van der Waals surface area contributed by atoms with Crippen LogP contribution in [0.25, 0.3) is 0 Å². The van der Waals surface area contributed by atoms with Crippen molar-refractivity contribution in [3.05, 3.63) is 17.5 Å². The van der Waals surface area contributed by atoms with E-state index in [1.54, 1.807) is 6.92 Å². The van der Waals surface area contributed by atoms with Crippen molar-refractivity contribution in [3.63, 3.8) is 0 Å². The van der Waals surface area contributed by atoms with Gasteiger partial charge in [0.25, 0.3) is 0 Å². The summed E-state index contributed by atoms with van der Waals surface area (Å²) in [7, 11) is 4.13. The normalized spacial score (nSPS) is 23.3. The molecule has 2 saturated carbocycles. The van der Waals surface area contributed by atoms with Gasteiger partial charge in [0, 0.05) is 44.9 Å². The molecule has 0 radical (unpaired) electrons. The van der Waals surface area contributed by atoms with Crippen LogP contribution in [0.3, 0.4) is 0 Å². The van der Waals surface area contributed by atoms with Gasteiger partial charge in [0.2, 0.25) is 11.8 Å². The van der Waals surface area contributed by atoms with E-state index in [4.69, 9.17) is 5.10 Å². The highest BCUT2D eigenvalue weighted by Crippen LogP contribution is 2.65. The lowest BCUT2D eigenvalue weighted by Gasteiger charge is -2.30. The largest absolute Gasteiger partial charge is 0.354 e. The Morgan fingerprint density at radius 3 is 2.55 bits per heavy atom. The highest BCUT2D eigenvalue weighted by Gasteiger charge is 2.60. The van der Waals surface area contributed by atoms with Crippen molar-refractivity contribution in [2.24, 2.45) is 11.3 Å². The topological polar surface area (TPSA) is 70.5 Å². The predicted molar refractivity (Wildman–Crippen MR) is 111 cm³/mol. The van der Waals surface area contributed by atoms with E-state index in [9.17, 15) is 9.59 Å². The average molecular weight is 402 g/mol. The third-order valence-corrected chi connectivity index (χ3v) is 7.20. The van der Waals surface area contributed by atoms with Gasteiger partial charge in [0.05, 0.1) is 17.9 Å². The first-order chi connectivity index (χ1) is 13.9. The zero-order valence-corrected chi connectivity index (χ0v) is 18.1. The number of amides is 2. The summed E-state index contributed by atoms with van der Waals surface area (Å²) in [5.41, 5.74) is 2.70. The minimum absolute atomic E-state index is 0.164. The molecule has 2 aliphatic carbocycles. The van der Waals surface area contributed by atoms with E-state index in [-0.39, 0.29) is 17.7 Å². The molecule has 29 heavy (non-hydrogen) atoms. The third kappa shape index (κ3) is 4.34. The number of piperidine rings is 1. The van der Waals surface area contributed by atoms with Gasteiger partial charge in [-0.25, -0.2) is 0 Å². The minimum Gasteiger partial charge on any atom is -0.354 e. The lowest BCUT2D eigenvalue weighted by molar-refractivity contribution is -0.129. The van der Waals surface area contributed by atoms with Gasteiger partial charge in [-0.3, -0.25) is 14.3 Å². The lowest BCUT2D eigenvalue weighted by Crippen LogP contribution is -2.36. The van der Waals surface area contributed by atoms with Crippen LogP contribution in [-0.4, -0.2) is 65.1 Å². The number of likely N-dealkylation sites (tertiary alicyclic amines) is 1. The number of carbonyl (C=O) groups is 2. The van der Waals surface area contributed by atoms with E-state index in [0.29, 0.717) is 24.4 Å². The molecule has 3 aliphatic rings. The fourth-order valence-corrected chi connectivity index (χ4v) is 5.12. The minimum atomic E-state index is 0.164. The van der Waals surface area contributed by atoms with Crippen molar-refractivity contribution in [1.29, 1.82) is 0 Å². The van der Waals surface area contributed by atoms with Crippen LogP contribution in [0.4, 0.5) is 0 Å². The Kier molecular flexibility index (Phi) is 5.69. The molecule has 2 heterocycles. The molecule has 0 aromatic carbocycles. The molecule has 1 saturated heterocycles. The molecule has 3 fully saturated rings. The van der Waals surface area contributed by atoms with Gasteiger partial charge < -0.3 is 15.1 Å². The Hall–Kier alpha value is -1.89. The van der Waals surface area contributed by atoms with Crippen LogP contribution in [0.15, 0.2) is 6.07 Å². The van der Waals surface area contributed by atoms with Gasteiger partial charge in [-0.1, -0.05) is 6.42 Å². The number of hydrogen-bond donors (Lipinski definition) is 1. The van der Waals surface area contributed by atoms with Crippen LogP contribution in [0.5, 0.6) is 0 Å². The number of nitrogens with one attached hydrogen (secondary N) is 1. The van der Waals surface area contributed by atoms with Crippen LogP contribution < -0.4 is 5.32 Å². The fraction of sp³-hybridized carbons (Fsp3) is 0.773. The van der Waals surface area contributed by atoms with Crippen molar-refractivity contribution >= 4 is 11.8 Å². The van der Waals surface area contributed by atoms with Crippen LogP contribution >= 0.6 is 0 Å². The number of carbonyl (C=O) groups excluding carboxylic acids is 2. The second kappa shape index (κ2) is 8.09. The first kappa shape index (κ1) is 20.4. The molecule has 1 unspecified atom stereocenters. The number of aromatic nitrogens is 2. The smallest absolute Gasteiger partial charge is 0.223 e. The van der Waals surface area contributed by atoms with E-state index < -0.39 is 0 Å². The van der Waals surface area contributed by atoms with E-state index >= 15 is 0 Å². The predicted octanol–water partition coefficient (Wildman–Crippen LogP) is 1.98. The summed E-state index contributed by atoms with van der Waals surface area (Å²) in [6.45, 7) is 5.45. The average Bonchev–Trinajstić information content (AvgIpc) is 3.32. The summed E-state index contributed by atoms with van der Waals surface area (Å²) >= 11 is 0. The first-order valence-electron chi connectivity index (χ1n) is 11.1. The monoisotopic (exact) mass is 401 g/mol. The second-order valence-electron chi connectivity index (χ2n) is 9.57. The first-order valence-corrected chi connectivity index (χ1v) is 11.1. The van der Waals surface area contributed by atoms with Crippen LogP contribution in [-0.2, 0) is 22.7 Å². The van der Waals surface area contributed by atoms with E-state index in [0.717, 1.165) is 44.6 Å². The molecular formula is C22H35N5O2. The molecule has 7 heteroatoms. The summed E-state index contributed by atoms with van der Waals surface area (Å²) in [6.07, 6.45) is 6.80. The zero-order chi connectivity index (χ0) is 20.6. The quantitative estimate of drug-likeness (QED) is 0.758. The maximum atomic E-state index is 12.4. The summed E-state index contributed by atoms with van der Waals surface area (Å²) in [6, 6.07) is 2.22. The van der Waals surface area contributed by atoms with Crippen molar-refractivity contribution < 1.29 is 9.59 Å². The van der Waals surface area contributed by atoms with Gasteiger partial charge in [-0.15, -0.1) is 0 Å². The standard InChI is InChI=1S/C22H35N5O2/c1-16(28)26-10-5-17(6-11-26)20-13-18(15-25(2)3)27(24-20)12-9-23-21(29)19-14-22(19)7-4-8-22/h13,17,19H,4-12,14-15H2,1-3H3,(H,23,29). The van der Waals surface area contributed by atoms with Gasteiger partial charge in [0.15, 0.2) is 0 Å². The Labute approximate surface area is 173 Å². The molecule has 4 rings (SSSR count). The number of rotatable bonds is 7. The van der Waals surface area contributed by atoms with Crippen molar-refractivity contribution in [1.82, 2.24) is 24.9 Å². The second-order valence-corrected chi connectivity index (χ2v) is 9.57. The van der Waals surface area contributed by atoms with Gasteiger partial charge in [-0.2, -0.15) is 5.10 Å². The molecular weight excluding hydrogens is 366 g/mol. The van der Waals surface area contributed by atoms with Crippen LogP contribution in [0.1, 0.15) is 62.8 Å². The molecule has 1 atom stereocenters. The Bertz CT molecular complexity index is 759. The van der Waals surface area contributed by atoms with E-state index in [1.807, 2.05) is 4.90 Å². The molecule has 1 aromatic rings. The molecule has 1 aliphatic heterocycles. The number of hydrogen-bond acceptors (Lipinski definition) is 4. The van der Waals surface area contributed by atoms with Crippen LogP contribution in [0, 0.1) is 11.3 Å². The van der Waals surface area contributed by atoms with Gasteiger partial charge >= 0.3 is 0 Å². The zero-order valence-electron chi connectivity index (χ0n) is 18.1. The van der Waals surface area contributed by atoms with Crippen molar-refractivity contribution in [3.8, 4) is 0 Å². The SMILES string of the molecule is CC(=O)N1CCC(c2cc(CN(C)C)n(CCNC(=O)C3CC34CCC4)n2)CC1. The maximum Gasteiger partial charge on any atom is 0.223 e. The van der Waals surface area contributed by atoms with Crippen molar-refractivity contribution in [2.75, 3.05) is 33.7 Å². The summed E-state index contributed by atoms with van der Waals surface area (Å²) < 4.78 is 2.07. The molecule has 2 amide bonds. The molecule has 1 spiro atoms. The molecule has 7 nitrogen and oxygen atoms in total. The molecule has 1 aromatic heterocycles. The summed E-state index contributed by atoms with van der Waals surface area (Å²) in [5.74, 6) is 1.07. The highest BCUT2D eigenvalue weighted by molar-refractivity contribution is 5.82. The lowest BCUT2D eigenvalue weighted by atomic mass is 9.80. The Morgan fingerprint density at radius 2 is 2.00 bits per heavy atom. The van der Waals surface area contributed by atoms with E-state index in [1.165, 1.54) is 25.0 Å². The summed E-state index contributed by atoms with van der Waals surface area (Å²) in [5, 5.41) is 8.05. The molecule has 0 bridgehead atoms. The van der Waals surface area contributed by atoms with Gasteiger partial charge in [-0.05, 0) is 57.7 Å². The Morgan fingerprint density at radius 1 is 1.28 bits per heavy atom. The van der Waals surface area contributed by atoms with E-state index in [2.05, 4.69) is 35.1 Å². The third-order valence-electron chi connectivity index (χ3n) is 7.20. The van der Waals surface area contributed by atoms with Crippen LogP contribution in [0.2, 0.25) is 0 Å². The Balaban J connectivity index is 1.34. The molecule has 1 N–H and O–H groups in total.